The number of hydrogen-bond donors (Lipinski definition) is 1. The number of benzene rings is 2. The van der Waals surface area contributed by atoms with Gasteiger partial charge in [0.15, 0.2) is 11.5 Å². The molecule has 166 valence electrons. The van der Waals surface area contributed by atoms with Crippen molar-refractivity contribution in [3.8, 4) is 17.2 Å². The highest BCUT2D eigenvalue weighted by atomic mass is 16.6. The van der Waals surface area contributed by atoms with Crippen LogP contribution in [0.1, 0.15) is 24.0 Å². The van der Waals surface area contributed by atoms with Crippen LogP contribution in [0.3, 0.4) is 0 Å². The topological polar surface area (TPSA) is 94.3 Å². The van der Waals surface area contributed by atoms with Crippen LogP contribution >= 0.6 is 0 Å². The summed E-state index contributed by atoms with van der Waals surface area (Å²) in [7, 11) is 4.55. The Bertz CT molecular complexity index is 942. The van der Waals surface area contributed by atoms with E-state index in [1.807, 2.05) is 30.3 Å². The smallest absolute Gasteiger partial charge is 0.280 e. The monoisotopic (exact) mass is 428 g/mol. The first-order valence-electron chi connectivity index (χ1n) is 10.1. The maximum atomic E-state index is 11.8. The van der Waals surface area contributed by atoms with E-state index >= 15 is 0 Å². The van der Waals surface area contributed by atoms with E-state index in [0.29, 0.717) is 23.6 Å². The molecule has 0 aromatic heterocycles. The summed E-state index contributed by atoms with van der Waals surface area (Å²) in [4.78, 5) is 13.5. The molecule has 1 fully saturated rings. The summed E-state index contributed by atoms with van der Waals surface area (Å²) in [5.74, 6) is 1.45. The van der Waals surface area contributed by atoms with Crippen LogP contribution in [0.2, 0.25) is 0 Å². The number of hydrogen-bond acceptors (Lipinski definition) is 7. The normalized spacial score (nSPS) is 16.9. The molecule has 8 heteroatoms. The minimum Gasteiger partial charge on any atom is -0.497 e. The zero-order valence-electron chi connectivity index (χ0n) is 18.0. The largest absolute Gasteiger partial charge is 0.497 e. The van der Waals surface area contributed by atoms with Gasteiger partial charge in [-0.25, -0.2) is 0 Å². The molecule has 0 unspecified atom stereocenters. The van der Waals surface area contributed by atoms with Crippen LogP contribution in [0.4, 0.5) is 5.69 Å². The number of aliphatic hydroxyl groups excluding tert-OH is 1. The van der Waals surface area contributed by atoms with Gasteiger partial charge in [0.2, 0.25) is 0 Å². The minimum atomic E-state index is -0.425. The summed E-state index contributed by atoms with van der Waals surface area (Å²) in [5, 5.41) is 21.5. The Morgan fingerprint density at radius 1 is 1.16 bits per heavy atom. The number of nitro groups is 1. The molecule has 0 bridgehead atoms. The third kappa shape index (κ3) is 5.15. The predicted octanol–water partition coefficient (Wildman–Crippen LogP) is 3.62. The van der Waals surface area contributed by atoms with Crippen LogP contribution in [-0.4, -0.2) is 62.0 Å². The zero-order valence-corrected chi connectivity index (χ0v) is 18.0. The van der Waals surface area contributed by atoms with Crippen molar-refractivity contribution in [1.29, 1.82) is 0 Å². The van der Waals surface area contributed by atoms with E-state index in [-0.39, 0.29) is 18.3 Å². The Balaban J connectivity index is 2.10. The molecule has 1 heterocycles. The van der Waals surface area contributed by atoms with E-state index in [2.05, 4.69) is 4.90 Å². The highest BCUT2D eigenvalue weighted by Gasteiger charge is 2.25. The fourth-order valence-electron chi connectivity index (χ4n) is 3.90. The molecule has 0 aliphatic carbocycles. The lowest BCUT2D eigenvalue weighted by Crippen LogP contribution is -2.33. The molecule has 2 aromatic carbocycles. The summed E-state index contributed by atoms with van der Waals surface area (Å²) in [6.45, 7) is 1.52. The second kappa shape index (κ2) is 10.3. The van der Waals surface area contributed by atoms with Gasteiger partial charge in [0, 0.05) is 12.6 Å². The van der Waals surface area contributed by atoms with Gasteiger partial charge in [-0.1, -0.05) is 12.1 Å². The number of nitrogens with zero attached hydrogens (tertiary/aromatic N) is 2. The molecule has 3 rings (SSSR count). The average molecular weight is 428 g/mol. The average Bonchev–Trinajstić information content (AvgIpc) is 3.25. The van der Waals surface area contributed by atoms with E-state index in [9.17, 15) is 15.2 Å². The molecule has 0 amide bonds. The first-order chi connectivity index (χ1) is 15.0. The molecule has 0 saturated carbocycles. The molecule has 1 aliphatic heterocycles. The third-order valence-corrected chi connectivity index (χ3v) is 5.60. The second-order valence-electron chi connectivity index (χ2n) is 7.37. The molecule has 1 aliphatic rings. The van der Waals surface area contributed by atoms with Gasteiger partial charge in [-0.15, -0.1) is 0 Å². The Morgan fingerprint density at radius 3 is 2.42 bits per heavy atom. The van der Waals surface area contributed by atoms with Crippen LogP contribution in [0, 0.1) is 10.1 Å². The van der Waals surface area contributed by atoms with Crippen molar-refractivity contribution in [2.75, 3.05) is 41.0 Å². The summed E-state index contributed by atoms with van der Waals surface area (Å²) in [5.41, 5.74) is 2.18. The van der Waals surface area contributed by atoms with Gasteiger partial charge < -0.3 is 19.3 Å². The SMILES string of the molecule is COc1ccc(/C(=C\c2cc(OC)c(OC)cc2[N+](=O)[O-])CN2CCC[C@H]2CO)cc1. The van der Waals surface area contributed by atoms with Gasteiger partial charge >= 0.3 is 0 Å². The standard InChI is InChI=1S/C23H28N2O6/c1-29-20-8-6-16(7-9-20)18(14-24-10-4-5-19(24)15-26)11-17-12-22(30-2)23(31-3)13-21(17)25(27)28/h6-9,11-13,19,26H,4-5,10,14-15H2,1-3H3/b18-11-/t19-/m0/s1. The summed E-state index contributed by atoms with van der Waals surface area (Å²) >= 11 is 0. The quantitative estimate of drug-likeness (QED) is 0.370. The van der Waals surface area contributed by atoms with Gasteiger partial charge in [-0.05, 0) is 54.8 Å². The lowest BCUT2D eigenvalue weighted by molar-refractivity contribution is -0.385. The van der Waals surface area contributed by atoms with E-state index < -0.39 is 4.92 Å². The van der Waals surface area contributed by atoms with Crippen LogP contribution in [-0.2, 0) is 0 Å². The number of nitro benzene ring substituents is 1. The minimum absolute atomic E-state index is 0.0659. The lowest BCUT2D eigenvalue weighted by atomic mass is 10.0. The van der Waals surface area contributed by atoms with Crippen molar-refractivity contribution < 1.29 is 24.2 Å². The Kier molecular flexibility index (Phi) is 7.49. The van der Waals surface area contributed by atoms with Crippen molar-refractivity contribution in [3.05, 3.63) is 57.6 Å². The Labute approximate surface area is 181 Å². The molecule has 1 N–H and O–H groups in total. The van der Waals surface area contributed by atoms with Gasteiger partial charge in [-0.3, -0.25) is 15.0 Å². The maximum absolute atomic E-state index is 11.8. The second-order valence-corrected chi connectivity index (χ2v) is 7.37. The number of methoxy groups -OCH3 is 3. The molecule has 1 saturated heterocycles. The molecular formula is C23H28N2O6. The number of rotatable bonds is 9. The number of likely N-dealkylation sites (tertiary alicyclic amines) is 1. The third-order valence-electron chi connectivity index (χ3n) is 5.60. The predicted molar refractivity (Wildman–Crippen MR) is 119 cm³/mol. The highest BCUT2D eigenvalue weighted by Crippen LogP contribution is 2.37. The van der Waals surface area contributed by atoms with Crippen molar-refractivity contribution >= 4 is 17.3 Å². The summed E-state index contributed by atoms with van der Waals surface area (Å²) < 4.78 is 15.9. The van der Waals surface area contributed by atoms with Gasteiger partial charge in [0.1, 0.15) is 5.75 Å². The van der Waals surface area contributed by atoms with E-state index in [1.165, 1.54) is 20.3 Å². The van der Waals surface area contributed by atoms with E-state index in [4.69, 9.17) is 14.2 Å². The maximum Gasteiger partial charge on any atom is 0.280 e. The van der Waals surface area contributed by atoms with E-state index in [1.54, 1.807) is 13.2 Å². The molecule has 1 atom stereocenters. The fraction of sp³-hybridized carbons (Fsp3) is 0.391. The molecule has 8 nitrogen and oxygen atoms in total. The highest BCUT2D eigenvalue weighted by molar-refractivity contribution is 5.86. The summed E-state index contributed by atoms with van der Waals surface area (Å²) in [6, 6.07) is 10.7. The van der Waals surface area contributed by atoms with Crippen molar-refractivity contribution in [1.82, 2.24) is 4.90 Å². The number of ether oxygens (including phenoxy) is 3. The van der Waals surface area contributed by atoms with Crippen LogP contribution < -0.4 is 14.2 Å². The number of aliphatic hydroxyl groups is 1. The first kappa shape index (κ1) is 22.6. The van der Waals surface area contributed by atoms with Crippen molar-refractivity contribution in [2.45, 2.75) is 18.9 Å². The summed E-state index contributed by atoms with van der Waals surface area (Å²) in [6.07, 6.45) is 3.76. The first-order valence-corrected chi connectivity index (χ1v) is 10.1. The van der Waals surface area contributed by atoms with Crippen LogP contribution in [0.15, 0.2) is 36.4 Å². The molecule has 0 radical (unpaired) electrons. The molecule has 0 spiro atoms. The van der Waals surface area contributed by atoms with E-state index in [0.717, 1.165) is 36.3 Å². The van der Waals surface area contributed by atoms with Crippen molar-refractivity contribution in [2.24, 2.45) is 0 Å². The molecule has 31 heavy (non-hydrogen) atoms. The van der Waals surface area contributed by atoms with Gasteiger partial charge in [0.05, 0.1) is 44.5 Å². The molecule has 2 aromatic rings. The van der Waals surface area contributed by atoms with Gasteiger partial charge in [-0.2, -0.15) is 0 Å². The molecular weight excluding hydrogens is 400 g/mol. The van der Waals surface area contributed by atoms with Crippen molar-refractivity contribution in [3.63, 3.8) is 0 Å². The lowest BCUT2D eigenvalue weighted by Gasteiger charge is -2.24. The van der Waals surface area contributed by atoms with Gasteiger partial charge in [0.25, 0.3) is 5.69 Å². The fourth-order valence-corrected chi connectivity index (χ4v) is 3.90. The Hall–Kier alpha value is -3.10. The Morgan fingerprint density at radius 2 is 1.84 bits per heavy atom. The van der Waals surface area contributed by atoms with Crippen LogP contribution in [0.25, 0.3) is 11.6 Å². The zero-order chi connectivity index (χ0) is 22.4. The van der Waals surface area contributed by atoms with Crippen LogP contribution in [0.5, 0.6) is 17.2 Å².